The number of para-hydroxylation sites is 1. The Morgan fingerprint density at radius 3 is 2.14 bits per heavy atom. The molecule has 3 aromatic rings. The highest BCUT2D eigenvalue weighted by molar-refractivity contribution is 7.96. The molecule has 1 heterocycles. The number of esters is 1. The number of hydrogen-bond donors (Lipinski definition) is 1. The van der Waals surface area contributed by atoms with Crippen molar-refractivity contribution >= 4 is 21.7 Å². The van der Waals surface area contributed by atoms with Gasteiger partial charge in [0.2, 0.25) is 0 Å². The molecule has 0 amide bonds. The summed E-state index contributed by atoms with van der Waals surface area (Å²) in [6.45, 7) is 11.2. The maximum Gasteiger partial charge on any atom is 0.356 e. The molecule has 6 nitrogen and oxygen atoms in total. The van der Waals surface area contributed by atoms with Crippen LogP contribution in [0.2, 0.25) is 0 Å². The zero-order valence-corrected chi connectivity index (χ0v) is 22.1. The van der Waals surface area contributed by atoms with Gasteiger partial charge in [0.1, 0.15) is 5.69 Å². The lowest BCUT2D eigenvalue weighted by Gasteiger charge is -2.10. The molecule has 0 spiro atoms. The van der Waals surface area contributed by atoms with Crippen LogP contribution in [0.5, 0.6) is 0 Å². The molecule has 188 valence electrons. The first-order valence-corrected chi connectivity index (χ1v) is 12.8. The van der Waals surface area contributed by atoms with Gasteiger partial charge in [0, 0.05) is 17.3 Å². The number of anilines is 1. The summed E-state index contributed by atoms with van der Waals surface area (Å²) in [7, 11) is -2.46. The van der Waals surface area contributed by atoms with Crippen LogP contribution < -0.4 is 4.72 Å². The standard InChI is InChI=1S/C20H18N2O4S.C7H8.C2H6/c1-4-17(5-2)27(24,25)22-18-9-7-6-8-16(18)12-10-15-11-13-19(21-14-15)20(23)26-3;1-7-5-3-2-4-6-7;1-2/h4-9,11,13-14,22H,1H2,2-3H3;2-6H,1H3;1-2H3/b17-5+;;. The Morgan fingerprint density at radius 2 is 1.64 bits per heavy atom. The number of nitrogens with zero attached hydrogens (tertiary/aromatic N) is 1. The number of aryl methyl sites for hydroxylation is 1. The molecule has 0 aliphatic rings. The lowest BCUT2D eigenvalue weighted by atomic mass is 10.1. The molecule has 0 fully saturated rings. The van der Waals surface area contributed by atoms with Crippen molar-refractivity contribution in [3.05, 3.63) is 119 Å². The number of methoxy groups -OCH3 is 1. The van der Waals surface area contributed by atoms with Gasteiger partial charge in [-0.3, -0.25) is 4.72 Å². The van der Waals surface area contributed by atoms with Crippen molar-refractivity contribution in [3.8, 4) is 11.8 Å². The van der Waals surface area contributed by atoms with Crippen molar-refractivity contribution in [2.45, 2.75) is 27.7 Å². The molecule has 0 aliphatic carbocycles. The monoisotopic (exact) mass is 504 g/mol. The number of allylic oxidation sites excluding steroid dienone is 2. The summed E-state index contributed by atoms with van der Waals surface area (Å²) < 4.78 is 31.8. The van der Waals surface area contributed by atoms with Crippen molar-refractivity contribution in [2.75, 3.05) is 11.8 Å². The average Bonchev–Trinajstić information content (AvgIpc) is 2.90. The molecule has 7 heteroatoms. The third-order valence-corrected chi connectivity index (χ3v) is 5.92. The van der Waals surface area contributed by atoms with E-state index < -0.39 is 16.0 Å². The quantitative estimate of drug-likeness (QED) is 0.257. The van der Waals surface area contributed by atoms with Crippen LogP contribution in [-0.4, -0.2) is 26.5 Å². The number of pyridine rings is 1. The van der Waals surface area contributed by atoms with E-state index in [-0.39, 0.29) is 10.6 Å². The summed E-state index contributed by atoms with van der Waals surface area (Å²) in [5, 5.41) is 0. The Morgan fingerprint density at radius 1 is 1.00 bits per heavy atom. The fourth-order valence-corrected chi connectivity index (χ4v) is 3.75. The molecule has 1 aromatic heterocycles. The molecule has 3 rings (SSSR count). The summed E-state index contributed by atoms with van der Waals surface area (Å²) in [5.74, 6) is 5.27. The maximum atomic E-state index is 12.4. The molecule has 0 radical (unpaired) electrons. The zero-order valence-electron chi connectivity index (χ0n) is 21.3. The highest BCUT2D eigenvalue weighted by atomic mass is 32.2. The van der Waals surface area contributed by atoms with Gasteiger partial charge in [-0.1, -0.05) is 86.4 Å². The molecule has 0 atom stereocenters. The Bertz CT molecular complexity index is 1320. The van der Waals surface area contributed by atoms with E-state index in [2.05, 4.69) is 51.9 Å². The van der Waals surface area contributed by atoms with Gasteiger partial charge in [0.25, 0.3) is 10.0 Å². The smallest absolute Gasteiger partial charge is 0.356 e. The molecule has 0 aliphatic heterocycles. The van der Waals surface area contributed by atoms with Crippen LogP contribution in [0.25, 0.3) is 0 Å². The molecule has 36 heavy (non-hydrogen) atoms. The van der Waals surface area contributed by atoms with E-state index in [1.807, 2.05) is 32.0 Å². The SMILES string of the molecule is C=C/C(=C\C)S(=O)(=O)Nc1ccccc1C#Cc1ccc(C(=O)OC)nc1.CC.Cc1ccccc1. The van der Waals surface area contributed by atoms with Crippen LogP contribution in [0.15, 0.2) is 96.6 Å². The van der Waals surface area contributed by atoms with Crippen LogP contribution in [-0.2, 0) is 14.8 Å². The zero-order chi connectivity index (χ0) is 27.0. The van der Waals surface area contributed by atoms with E-state index >= 15 is 0 Å². The van der Waals surface area contributed by atoms with E-state index in [1.165, 1.54) is 37.1 Å². The van der Waals surface area contributed by atoms with Gasteiger partial charge in [-0.05, 0) is 44.2 Å². The van der Waals surface area contributed by atoms with E-state index in [4.69, 9.17) is 0 Å². The van der Waals surface area contributed by atoms with Gasteiger partial charge in [0.05, 0.1) is 17.7 Å². The van der Waals surface area contributed by atoms with E-state index in [0.717, 1.165) is 0 Å². The largest absolute Gasteiger partial charge is 0.464 e. The fraction of sp³-hybridized carbons (Fsp3) is 0.172. The summed E-state index contributed by atoms with van der Waals surface area (Å²) in [4.78, 5) is 15.4. The second-order valence-electron chi connectivity index (χ2n) is 6.87. The second kappa shape index (κ2) is 15.7. The van der Waals surface area contributed by atoms with E-state index in [9.17, 15) is 13.2 Å². The predicted molar refractivity (Wildman–Crippen MR) is 147 cm³/mol. The Hall–Kier alpha value is -4.15. The minimum atomic E-state index is -3.74. The number of ether oxygens (including phenoxy) is 1. The van der Waals surface area contributed by atoms with Gasteiger partial charge in [-0.25, -0.2) is 18.2 Å². The number of nitrogens with one attached hydrogen (secondary N) is 1. The number of rotatable bonds is 5. The highest BCUT2D eigenvalue weighted by Gasteiger charge is 2.15. The van der Waals surface area contributed by atoms with E-state index in [0.29, 0.717) is 16.8 Å². The summed E-state index contributed by atoms with van der Waals surface area (Å²) in [6.07, 6.45) is 4.17. The first-order valence-electron chi connectivity index (χ1n) is 11.3. The number of benzene rings is 2. The minimum Gasteiger partial charge on any atom is -0.464 e. The molecule has 0 unspecified atom stereocenters. The van der Waals surface area contributed by atoms with Crippen LogP contribution in [0, 0.1) is 18.8 Å². The molecule has 1 N–H and O–H groups in total. The lowest BCUT2D eigenvalue weighted by molar-refractivity contribution is 0.0594. The maximum absolute atomic E-state index is 12.4. The minimum absolute atomic E-state index is 0.0767. The Labute approximate surface area is 214 Å². The van der Waals surface area contributed by atoms with Crippen LogP contribution in [0.1, 0.15) is 48.0 Å². The van der Waals surface area contributed by atoms with Crippen molar-refractivity contribution in [3.63, 3.8) is 0 Å². The van der Waals surface area contributed by atoms with Gasteiger partial charge in [-0.15, -0.1) is 0 Å². The van der Waals surface area contributed by atoms with Crippen molar-refractivity contribution in [1.29, 1.82) is 0 Å². The van der Waals surface area contributed by atoms with Gasteiger partial charge < -0.3 is 4.74 Å². The number of hydrogen-bond acceptors (Lipinski definition) is 5. The lowest BCUT2D eigenvalue weighted by Crippen LogP contribution is -2.14. The van der Waals surface area contributed by atoms with Gasteiger partial charge >= 0.3 is 5.97 Å². The predicted octanol–water partition coefficient (Wildman–Crippen LogP) is 6.12. The topological polar surface area (TPSA) is 85.4 Å². The second-order valence-corrected chi connectivity index (χ2v) is 8.56. The first kappa shape index (κ1) is 29.9. The molecule has 0 saturated heterocycles. The summed E-state index contributed by atoms with van der Waals surface area (Å²) in [6, 6.07) is 20.2. The number of sulfonamides is 1. The van der Waals surface area contributed by atoms with Gasteiger partial charge in [0.15, 0.2) is 0 Å². The van der Waals surface area contributed by atoms with Crippen LogP contribution in [0.3, 0.4) is 0 Å². The number of carbonyl (C=O) groups is 1. The third-order valence-electron chi connectivity index (χ3n) is 4.41. The highest BCUT2D eigenvalue weighted by Crippen LogP contribution is 2.19. The Balaban J connectivity index is 0.000000609. The van der Waals surface area contributed by atoms with Crippen molar-refractivity contribution in [1.82, 2.24) is 4.98 Å². The number of aromatic nitrogens is 1. The van der Waals surface area contributed by atoms with Crippen LogP contribution >= 0.6 is 0 Å². The molecular weight excluding hydrogens is 472 g/mol. The number of carbonyl (C=O) groups excluding carboxylic acids is 1. The normalized spacial score (nSPS) is 10.2. The average molecular weight is 505 g/mol. The van der Waals surface area contributed by atoms with E-state index in [1.54, 1.807) is 37.3 Å². The molecule has 0 saturated carbocycles. The van der Waals surface area contributed by atoms with Crippen molar-refractivity contribution in [2.24, 2.45) is 0 Å². The molecular formula is C29H32N2O4S. The molecule has 2 aromatic carbocycles. The summed E-state index contributed by atoms with van der Waals surface area (Å²) >= 11 is 0. The van der Waals surface area contributed by atoms with Gasteiger partial charge in [-0.2, -0.15) is 0 Å². The third kappa shape index (κ3) is 9.61. The first-order chi connectivity index (χ1) is 17.3. The molecule has 0 bridgehead atoms. The fourth-order valence-electron chi connectivity index (χ4n) is 2.63. The Kier molecular flexibility index (Phi) is 13.0. The van der Waals surface area contributed by atoms with Crippen LogP contribution in [0.4, 0.5) is 5.69 Å². The summed E-state index contributed by atoms with van der Waals surface area (Å²) in [5.41, 5.74) is 2.92. The van der Waals surface area contributed by atoms with Crippen molar-refractivity contribution < 1.29 is 17.9 Å².